The van der Waals surface area contributed by atoms with Gasteiger partial charge < -0.3 is 0 Å². The Balaban J connectivity index is 1.70. The van der Waals surface area contributed by atoms with Gasteiger partial charge in [0.2, 0.25) is 0 Å². The maximum absolute atomic E-state index is 14.5. The van der Waals surface area contributed by atoms with E-state index in [-0.39, 0.29) is 18.9 Å². The summed E-state index contributed by atoms with van der Waals surface area (Å²) >= 11 is 0. The van der Waals surface area contributed by atoms with Crippen molar-refractivity contribution in [3.63, 3.8) is 0 Å². The lowest BCUT2D eigenvalue weighted by molar-refractivity contribution is -0.0647. The molecule has 0 aromatic heterocycles. The summed E-state index contributed by atoms with van der Waals surface area (Å²) in [6.07, 6.45) is 5.70. The van der Waals surface area contributed by atoms with Gasteiger partial charge in [-0.2, -0.15) is 0 Å². The molecule has 0 spiro atoms. The molecule has 142 valence electrons. The summed E-state index contributed by atoms with van der Waals surface area (Å²) in [4.78, 5) is 4.36. The molecule has 2 nitrogen and oxygen atoms in total. The van der Waals surface area contributed by atoms with Gasteiger partial charge in [0.1, 0.15) is 0 Å². The molecule has 0 aromatic carbocycles. The third-order valence-electron chi connectivity index (χ3n) is 5.95. The summed E-state index contributed by atoms with van der Waals surface area (Å²) < 4.78 is 29.0. The molecule has 0 aromatic rings. The van der Waals surface area contributed by atoms with Crippen LogP contribution in [0, 0.1) is 17.8 Å². The van der Waals surface area contributed by atoms with E-state index in [0.717, 1.165) is 63.7 Å². The molecule has 0 amide bonds. The third-order valence-corrected chi connectivity index (χ3v) is 5.95. The predicted molar refractivity (Wildman–Crippen MR) is 97.6 cm³/mol. The monoisotopic (exact) mass is 344 g/mol. The van der Waals surface area contributed by atoms with E-state index >= 15 is 0 Å². The van der Waals surface area contributed by atoms with Crippen LogP contribution in [0.4, 0.5) is 8.78 Å². The summed E-state index contributed by atoms with van der Waals surface area (Å²) in [5.74, 6) is -0.771. The number of piperazine rings is 1. The lowest BCUT2D eigenvalue weighted by Crippen LogP contribution is -2.51. The van der Waals surface area contributed by atoms with Crippen LogP contribution in [-0.4, -0.2) is 54.5 Å². The molecule has 0 N–H and O–H groups in total. The van der Waals surface area contributed by atoms with E-state index in [1.807, 2.05) is 4.90 Å². The Morgan fingerprint density at radius 1 is 0.875 bits per heavy atom. The van der Waals surface area contributed by atoms with Crippen LogP contribution < -0.4 is 0 Å². The molecular weight excluding hydrogens is 306 g/mol. The van der Waals surface area contributed by atoms with Gasteiger partial charge in [-0.15, -0.1) is 0 Å². The smallest absolute Gasteiger partial charge is 0.260 e. The quantitative estimate of drug-likeness (QED) is 0.649. The Bertz CT molecular complexity index is 355. The van der Waals surface area contributed by atoms with Gasteiger partial charge in [-0.1, -0.05) is 26.7 Å². The van der Waals surface area contributed by atoms with Crippen molar-refractivity contribution in [3.8, 4) is 0 Å². The molecule has 0 bridgehead atoms. The van der Waals surface area contributed by atoms with Crippen LogP contribution >= 0.6 is 0 Å². The standard InChI is InChI=1S/C20H38F2N2/c1-16(2)13-18-5-7-19(8-6-18)14-20(21,22)15-23-9-11-24(12-10-23)17(3)4/h16-19H,5-15H2,1-4H3. The van der Waals surface area contributed by atoms with Crippen molar-refractivity contribution in [1.29, 1.82) is 0 Å². The molecule has 1 saturated carbocycles. The molecule has 2 fully saturated rings. The highest BCUT2D eigenvalue weighted by Gasteiger charge is 2.37. The van der Waals surface area contributed by atoms with Crippen molar-refractivity contribution in [2.45, 2.75) is 78.2 Å². The first kappa shape index (κ1) is 20.1. The second-order valence-electron chi connectivity index (χ2n) is 8.98. The molecule has 1 aliphatic heterocycles. The zero-order chi connectivity index (χ0) is 17.7. The average Bonchev–Trinajstić information content (AvgIpc) is 2.48. The molecule has 0 unspecified atom stereocenters. The number of alkyl halides is 2. The third kappa shape index (κ3) is 6.59. The summed E-state index contributed by atoms with van der Waals surface area (Å²) in [7, 11) is 0. The zero-order valence-corrected chi connectivity index (χ0v) is 16.2. The molecule has 0 radical (unpaired) electrons. The minimum absolute atomic E-state index is 0.0368. The van der Waals surface area contributed by atoms with Crippen LogP contribution in [0.5, 0.6) is 0 Å². The summed E-state index contributed by atoms with van der Waals surface area (Å²) in [6.45, 7) is 12.3. The van der Waals surface area contributed by atoms with Crippen LogP contribution in [0.1, 0.15) is 66.2 Å². The lowest BCUT2D eigenvalue weighted by Gasteiger charge is -2.39. The summed E-state index contributed by atoms with van der Waals surface area (Å²) in [5.41, 5.74) is 0. The Kier molecular flexibility index (Phi) is 7.48. The largest absolute Gasteiger partial charge is 0.298 e. The van der Waals surface area contributed by atoms with Crippen molar-refractivity contribution >= 4 is 0 Å². The maximum Gasteiger partial charge on any atom is 0.260 e. The minimum atomic E-state index is -2.52. The maximum atomic E-state index is 14.5. The summed E-state index contributed by atoms with van der Waals surface area (Å²) in [5, 5.41) is 0. The minimum Gasteiger partial charge on any atom is -0.298 e. The van der Waals surface area contributed by atoms with Gasteiger partial charge in [-0.25, -0.2) is 8.78 Å². The molecule has 24 heavy (non-hydrogen) atoms. The van der Waals surface area contributed by atoms with Crippen molar-refractivity contribution in [2.75, 3.05) is 32.7 Å². The zero-order valence-electron chi connectivity index (χ0n) is 16.2. The highest BCUT2D eigenvalue weighted by molar-refractivity contribution is 4.83. The van der Waals surface area contributed by atoms with Gasteiger partial charge in [0, 0.05) is 38.6 Å². The van der Waals surface area contributed by atoms with E-state index in [1.54, 1.807) is 0 Å². The van der Waals surface area contributed by atoms with Crippen LogP contribution in [0.2, 0.25) is 0 Å². The topological polar surface area (TPSA) is 6.48 Å². The van der Waals surface area contributed by atoms with Crippen LogP contribution in [-0.2, 0) is 0 Å². The fraction of sp³-hybridized carbons (Fsp3) is 1.00. The Labute approximate surface area is 148 Å². The van der Waals surface area contributed by atoms with Gasteiger partial charge in [-0.05, 0) is 50.9 Å². The number of hydrogen-bond acceptors (Lipinski definition) is 2. The van der Waals surface area contributed by atoms with Gasteiger partial charge in [0.25, 0.3) is 5.92 Å². The number of hydrogen-bond donors (Lipinski definition) is 0. The average molecular weight is 345 g/mol. The van der Waals surface area contributed by atoms with Crippen molar-refractivity contribution < 1.29 is 8.78 Å². The molecule has 0 atom stereocenters. The number of nitrogens with zero attached hydrogens (tertiary/aromatic N) is 2. The molecule has 2 rings (SSSR count). The van der Waals surface area contributed by atoms with Gasteiger partial charge in [-0.3, -0.25) is 9.80 Å². The fourth-order valence-electron chi connectivity index (χ4n) is 4.59. The second-order valence-corrected chi connectivity index (χ2v) is 8.98. The van der Waals surface area contributed by atoms with Crippen molar-refractivity contribution in [2.24, 2.45) is 17.8 Å². The van der Waals surface area contributed by atoms with E-state index in [1.165, 1.54) is 6.42 Å². The van der Waals surface area contributed by atoms with E-state index in [0.29, 0.717) is 6.04 Å². The molecular formula is C20H38F2N2. The number of rotatable bonds is 7. The fourth-order valence-corrected chi connectivity index (χ4v) is 4.59. The molecule has 1 heterocycles. The Morgan fingerprint density at radius 3 is 1.92 bits per heavy atom. The molecule has 1 aliphatic carbocycles. The first-order chi connectivity index (χ1) is 11.2. The second kappa shape index (κ2) is 8.93. The lowest BCUT2D eigenvalue weighted by atomic mass is 9.76. The van der Waals surface area contributed by atoms with Gasteiger partial charge >= 0.3 is 0 Å². The van der Waals surface area contributed by atoms with E-state index in [9.17, 15) is 8.78 Å². The van der Waals surface area contributed by atoms with E-state index in [4.69, 9.17) is 0 Å². The normalized spacial score (nSPS) is 28.0. The van der Waals surface area contributed by atoms with Crippen molar-refractivity contribution in [3.05, 3.63) is 0 Å². The summed E-state index contributed by atoms with van der Waals surface area (Å²) in [6, 6.07) is 0.522. The van der Waals surface area contributed by atoms with Crippen LogP contribution in [0.15, 0.2) is 0 Å². The number of halogens is 2. The van der Waals surface area contributed by atoms with E-state index in [2.05, 4.69) is 32.6 Å². The highest BCUT2D eigenvalue weighted by Crippen LogP contribution is 2.38. The first-order valence-electron chi connectivity index (χ1n) is 10.1. The highest BCUT2D eigenvalue weighted by atomic mass is 19.3. The van der Waals surface area contributed by atoms with Crippen LogP contribution in [0.25, 0.3) is 0 Å². The Hall–Kier alpha value is -0.220. The predicted octanol–water partition coefficient (Wildman–Crippen LogP) is 4.89. The molecule has 2 aliphatic rings. The van der Waals surface area contributed by atoms with Gasteiger partial charge in [0.15, 0.2) is 0 Å². The van der Waals surface area contributed by atoms with Crippen LogP contribution in [0.3, 0.4) is 0 Å². The molecule has 1 saturated heterocycles. The van der Waals surface area contributed by atoms with Gasteiger partial charge in [0.05, 0.1) is 6.54 Å². The first-order valence-corrected chi connectivity index (χ1v) is 10.1. The van der Waals surface area contributed by atoms with E-state index < -0.39 is 5.92 Å². The molecule has 4 heteroatoms. The van der Waals surface area contributed by atoms with Crippen molar-refractivity contribution in [1.82, 2.24) is 9.80 Å². The Morgan fingerprint density at radius 2 is 1.42 bits per heavy atom. The SMILES string of the molecule is CC(C)CC1CCC(CC(F)(F)CN2CCN(C(C)C)CC2)CC1.